The summed E-state index contributed by atoms with van der Waals surface area (Å²) in [6, 6.07) is 3.53. The Balaban J connectivity index is 2.41. The molecule has 1 aromatic carbocycles. The highest BCUT2D eigenvalue weighted by Gasteiger charge is 2.25. The van der Waals surface area contributed by atoms with Gasteiger partial charge in [-0.25, -0.2) is 0 Å². The molecule has 0 radical (unpaired) electrons. The Labute approximate surface area is 98.7 Å². The molecule has 3 rings (SSSR count). The molecule has 0 fully saturated rings. The van der Waals surface area contributed by atoms with Crippen LogP contribution < -0.4 is 21.9 Å². The van der Waals surface area contributed by atoms with Crippen LogP contribution >= 0.6 is 23.5 Å². The SMILES string of the molecule is NC1=c2cc3c(cc2SC1=O)=C(N)C(=O)S3. The minimum Gasteiger partial charge on any atom is -0.395 e. The van der Waals surface area contributed by atoms with Crippen LogP contribution in [0.2, 0.25) is 0 Å². The lowest BCUT2D eigenvalue weighted by molar-refractivity contribution is -0.107. The molecule has 0 aliphatic carbocycles. The Hall–Kier alpha value is -1.40. The molecular weight excluding hydrogens is 244 g/mol. The Morgan fingerprint density at radius 2 is 1.19 bits per heavy atom. The van der Waals surface area contributed by atoms with Crippen LogP contribution in [0.15, 0.2) is 21.9 Å². The fourth-order valence-electron chi connectivity index (χ4n) is 1.68. The zero-order chi connectivity index (χ0) is 11.4. The molecule has 0 amide bonds. The maximum atomic E-state index is 11.4. The van der Waals surface area contributed by atoms with Gasteiger partial charge in [-0.2, -0.15) is 0 Å². The lowest BCUT2D eigenvalue weighted by Gasteiger charge is -1.94. The number of nitrogens with two attached hydrogens (primary N) is 2. The summed E-state index contributed by atoms with van der Waals surface area (Å²) in [7, 11) is 0. The largest absolute Gasteiger partial charge is 0.395 e. The summed E-state index contributed by atoms with van der Waals surface area (Å²) in [5.74, 6) is 0. The third kappa shape index (κ3) is 1.14. The van der Waals surface area contributed by atoms with Crippen LogP contribution in [-0.2, 0) is 9.59 Å². The van der Waals surface area contributed by atoms with E-state index in [1.165, 1.54) is 0 Å². The maximum absolute atomic E-state index is 11.4. The van der Waals surface area contributed by atoms with Crippen molar-refractivity contribution in [2.75, 3.05) is 0 Å². The molecule has 4 N–H and O–H groups in total. The van der Waals surface area contributed by atoms with Gasteiger partial charge in [0.1, 0.15) is 0 Å². The van der Waals surface area contributed by atoms with Gasteiger partial charge in [0.2, 0.25) is 10.2 Å². The number of carbonyl (C=O) groups is 2. The van der Waals surface area contributed by atoms with E-state index in [1.54, 1.807) is 12.1 Å². The molecule has 2 heterocycles. The fraction of sp³-hybridized carbons (Fsp3) is 0. The first-order chi connectivity index (χ1) is 7.58. The molecule has 0 spiro atoms. The van der Waals surface area contributed by atoms with Gasteiger partial charge in [-0.15, -0.1) is 0 Å². The van der Waals surface area contributed by atoms with Gasteiger partial charge in [0.25, 0.3) is 0 Å². The molecule has 0 aromatic heterocycles. The van der Waals surface area contributed by atoms with Crippen LogP contribution in [0.1, 0.15) is 0 Å². The highest BCUT2D eigenvalue weighted by atomic mass is 32.2. The predicted molar refractivity (Wildman–Crippen MR) is 62.6 cm³/mol. The van der Waals surface area contributed by atoms with E-state index in [2.05, 4.69) is 0 Å². The number of hydrogen-bond donors (Lipinski definition) is 2. The van der Waals surface area contributed by atoms with Gasteiger partial charge in [0.15, 0.2) is 0 Å². The second kappa shape index (κ2) is 3.05. The highest BCUT2D eigenvalue weighted by Crippen LogP contribution is 2.27. The monoisotopic (exact) mass is 250 g/mol. The average molecular weight is 250 g/mol. The summed E-state index contributed by atoms with van der Waals surface area (Å²) < 4.78 is 0. The van der Waals surface area contributed by atoms with Gasteiger partial charge < -0.3 is 11.5 Å². The number of carbonyl (C=O) groups excluding carboxylic acids is 2. The lowest BCUT2D eigenvalue weighted by atomic mass is 10.2. The molecule has 2 aliphatic rings. The third-order valence-corrected chi connectivity index (χ3v) is 4.43. The van der Waals surface area contributed by atoms with Crippen molar-refractivity contribution in [3.8, 4) is 0 Å². The van der Waals surface area contributed by atoms with Gasteiger partial charge in [-0.3, -0.25) is 9.59 Å². The van der Waals surface area contributed by atoms with Gasteiger partial charge in [-0.1, -0.05) is 0 Å². The Morgan fingerprint density at radius 1 is 0.812 bits per heavy atom. The smallest absolute Gasteiger partial charge is 0.240 e. The topological polar surface area (TPSA) is 86.2 Å². The summed E-state index contributed by atoms with van der Waals surface area (Å²) >= 11 is 2.16. The summed E-state index contributed by atoms with van der Waals surface area (Å²) in [5, 5.41) is 1.13. The first kappa shape index (κ1) is 9.80. The van der Waals surface area contributed by atoms with E-state index in [0.29, 0.717) is 10.4 Å². The zero-order valence-corrected chi connectivity index (χ0v) is 9.58. The second-order valence-electron chi connectivity index (χ2n) is 3.45. The minimum absolute atomic E-state index is 0.145. The van der Waals surface area contributed by atoms with Crippen molar-refractivity contribution in [2.45, 2.75) is 9.79 Å². The first-order valence-electron chi connectivity index (χ1n) is 4.46. The van der Waals surface area contributed by atoms with E-state index in [4.69, 9.17) is 11.5 Å². The van der Waals surface area contributed by atoms with Crippen molar-refractivity contribution in [3.05, 3.63) is 22.6 Å². The summed E-state index contributed by atoms with van der Waals surface area (Å²) in [4.78, 5) is 24.3. The van der Waals surface area contributed by atoms with Gasteiger partial charge in [0.05, 0.1) is 11.4 Å². The summed E-state index contributed by atoms with van der Waals surface area (Å²) in [6.45, 7) is 0. The summed E-state index contributed by atoms with van der Waals surface area (Å²) in [5.41, 5.74) is 11.8. The number of benzene rings is 1. The van der Waals surface area contributed by atoms with E-state index < -0.39 is 0 Å². The first-order valence-corrected chi connectivity index (χ1v) is 6.09. The average Bonchev–Trinajstić information content (AvgIpc) is 2.67. The molecule has 2 aliphatic heterocycles. The molecule has 0 saturated heterocycles. The lowest BCUT2D eigenvalue weighted by Crippen LogP contribution is -2.19. The summed E-state index contributed by atoms with van der Waals surface area (Å²) in [6.07, 6.45) is 0. The highest BCUT2D eigenvalue weighted by molar-refractivity contribution is 8.15. The molecule has 80 valence electrons. The van der Waals surface area contributed by atoms with E-state index in [1.807, 2.05) is 0 Å². The van der Waals surface area contributed by atoms with E-state index in [0.717, 1.165) is 33.3 Å². The number of thioether (sulfide) groups is 2. The molecule has 4 nitrogen and oxygen atoms in total. The van der Waals surface area contributed by atoms with Gasteiger partial charge in [0, 0.05) is 20.2 Å². The van der Waals surface area contributed by atoms with Crippen LogP contribution in [0.5, 0.6) is 0 Å². The van der Waals surface area contributed by atoms with Crippen LogP contribution in [-0.4, -0.2) is 10.2 Å². The molecule has 0 atom stereocenters. The minimum atomic E-state index is -0.145. The molecule has 0 unspecified atom stereocenters. The van der Waals surface area contributed by atoms with Gasteiger partial charge >= 0.3 is 0 Å². The van der Waals surface area contributed by atoms with Crippen LogP contribution in [0.3, 0.4) is 0 Å². The Morgan fingerprint density at radius 3 is 1.56 bits per heavy atom. The number of hydrogen-bond acceptors (Lipinski definition) is 6. The Bertz CT molecular complexity index is 619. The van der Waals surface area contributed by atoms with Crippen molar-refractivity contribution in [3.63, 3.8) is 0 Å². The maximum Gasteiger partial charge on any atom is 0.240 e. The zero-order valence-electron chi connectivity index (χ0n) is 7.94. The molecule has 16 heavy (non-hydrogen) atoms. The van der Waals surface area contributed by atoms with Crippen molar-refractivity contribution >= 4 is 45.1 Å². The quantitative estimate of drug-likeness (QED) is 0.619. The standard InChI is InChI=1S/C10H6N2O2S2/c11-7-3-1-5-4(8(12)10(14)15-5)2-6(3)16-9(7)13/h1-2H,11-12H2. The van der Waals surface area contributed by atoms with E-state index in [9.17, 15) is 9.59 Å². The van der Waals surface area contributed by atoms with E-state index in [-0.39, 0.29) is 21.6 Å². The number of rotatable bonds is 0. The predicted octanol–water partition coefficient (Wildman–Crippen LogP) is -0.915. The number of fused-ring (bicyclic) bond motifs is 2. The third-order valence-electron chi connectivity index (χ3n) is 2.51. The fourth-order valence-corrected chi connectivity index (χ4v) is 3.43. The van der Waals surface area contributed by atoms with Crippen molar-refractivity contribution in [1.29, 1.82) is 0 Å². The molecule has 0 bridgehead atoms. The normalized spacial score (nSPS) is 18.0. The second-order valence-corrected chi connectivity index (χ2v) is 5.48. The molecular formula is C10H6N2O2S2. The van der Waals surface area contributed by atoms with Crippen LogP contribution in [0, 0.1) is 0 Å². The van der Waals surface area contributed by atoms with Crippen LogP contribution in [0.25, 0.3) is 11.4 Å². The Kier molecular flexibility index (Phi) is 1.87. The van der Waals surface area contributed by atoms with Crippen molar-refractivity contribution in [1.82, 2.24) is 0 Å². The van der Waals surface area contributed by atoms with Crippen molar-refractivity contribution in [2.24, 2.45) is 11.5 Å². The van der Waals surface area contributed by atoms with E-state index >= 15 is 0 Å². The van der Waals surface area contributed by atoms with Crippen LogP contribution in [0.4, 0.5) is 0 Å². The van der Waals surface area contributed by atoms with Crippen molar-refractivity contribution < 1.29 is 9.59 Å². The molecule has 6 heteroatoms. The molecule has 1 aromatic rings. The van der Waals surface area contributed by atoms with Gasteiger partial charge in [-0.05, 0) is 35.7 Å². The molecule has 0 saturated carbocycles.